The largest absolute Gasteiger partial charge is 0.423 e. The smallest absolute Gasteiger partial charge is 0.236 e. The van der Waals surface area contributed by atoms with Gasteiger partial charge in [-0.3, -0.25) is 0 Å². The lowest BCUT2D eigenvalue weighted by molar-refractivity contribution is 0.442. The fourth-order valence-corrected chi connectivity index (χ4v) is 1.67. The van der Waals surface area contributed by atoms with Crippen molar-refractivity contribution in [2.75, 3.05) is 0 Å². The van der Waals surface area contributed by atoms with Crippen molar-refractivity contribution in [3.63, 3.8) is 0 Å². The Labute approximate surface area is 107 Å². The quantitative estimate of drug-likeness (QED) is 0.849. The van der Waals surface area contributed by atoms with E-state index < -0.39 is 0 Å². The van der Waals surface area contributed by atoms with Gasteiger partial charge in [-0.2, -0.15) is 0 Å². The van der Waals surface area contributed by atoms with Crippen LogP contribution < -0.4 is 5.32 Å². The number of aromatic nitrogens is 3. The number of hydrogen-bond donors (Lipinski definition) is 1. The van der Waals surface area contributed by atoms with E-state index in [4.69, 9.17) is 4.42 Å². The molecule has 0 atom stereocenters. The van der Waals surface area contributed by atoms with E-state index in [1.807, 2.05) is 13.1 Å². The van der Waals surface area contributed by atoms with Crippen molar-refractivity contribution >= 4 is 0 Å². The monoisotopic (exact) mass is 248 g/mol. The Morgan fingerprint density at radius 1 is 1.33 bits per heavy atom. The van der Waals surface area contributed by atoms with Gasteiger partial charge in [0.1, 0.15) is 6.54 Å². The molecule has 2 aromatic heterocycles. The second-order valence-corrected chi connectivity index (χ2v) is 4.67. The predicted molar refractivity (Wildman–Crippen MR) is 69.2 cm³/mol. The Hall–Kier alpha value is -1.62. The molecule has 0 spiro atoms. The average molecular weight is 248 g/mol. The standard InChI is InChI=1S/C13H20N4O/c1-4-12-15-16-13(18-12)9-17-6-5-11(8-17)7-14-10(2)3/h5-6,8,10,14H,4,7,9H2,1-3H3. The molecule has 0 aliphatic carbocycles. The van der Waals surface area contributed by atoms with Crippen LogP contribution in [0, 0.1) is 0 Å². The molecule has 2 rings (SSSR count). The van der Waals surface area contributed by atoms with E-state index in [1.165, 1.54) is 5.56 Å². The Balaban J connectivity index is 1.93. The van der Waals surface area contributed by atoms with Crippen LogP contribution in [-0.2, 0) is 19.5 Å². The molecule has 0 saturated heterocycles. The van der Waals surface area contributed by atoms with Crippen molar-refractivity contribution in [3.8, 4) is 0 Å². The van der Waals surface area contributed by atoms with Crippen LogP contribution in [0.25, 0.3) is 0 Å². The molecule has 98 valence electrons. The molecule has 18 heavy (non-hydrogen) atoms. The molecule has 0 saturated carbocycles. The van der Waals surface area contributed by atoms with Crippen LogP contribution in [0.4, 0.5) is 0 Å². The van der Waals surface area contributed by atoms with E-state index in [2.05, 4.69) is 46.2 Å². The van der Waals surface area contributed by atoms with E-state index in [9.17, 15) is 0 Å². The fraction of sp³-hybridized carbons (Fsp3) is 0.538. The molecule has 0 aromatic carbocycles. The molecular weight excluding hydrogens is 228 g/mol. The van der Waals surface area contributed by atoms with E-state index >= 15 is 0 Å². The first-order valence-electron chi connectivity index (χ1n) is 6.36. The zero-order valence-corrected chi connectivity index (χ0v) is 11.2. The molecule has 1 N–H and O–H groups in total. The molecular formula is C13H20N4O. The summed E-state index contributed by atoms with van der Waals surface area (Å²) in [6.45, 7) is 7.80. The van der Waals surface area contributed by atoms with Crippen LogP contribution in [0.3, 0.4) is 0 Å². The summed E-state index contributed by atoms with van der Waals surface area (Å²) in [5.41, 5.74) is 1.26. The Morgan fingerprint density at radius 3 is 2.78 bits per heavy atom. The number of nitrogens with zero attached hydrogens (tertiary/aromatic N) is 3. The maximum Gasteiger partial charge on any atom is 0.236 e. The SMILES string of the molecule is CCc1nnc(Cn2ccc(CNC(C)C)c2)o1. The maximum atomic E-state index is 5.49. The van der Waals surface area contributed by atoms with Crippen LogP contribution in [-0.4, -0.2) is 20.8 Å². The second-order valence-electron chi connectivity index (χ2n) is 4.67. The topological polar surface area (TPSA) is 55.9 Å². The highest BCUT2D eigenvalue weighted by atomic mass is 16.4. The highest BCUT2D eigenvalue weighted by Crippen LogP contribution is 2.06. The molecule has 0 unspecified atom stereocenters. The summed E-state index contributed by atoms with van der Waals surface area (Å²) in [6, 6.07) is 2.60. The van der Waals surface area contributed by atoms with Crippen LogP contribution in [0.15, 0.2) is 22.9 Å². The number of rotatable bonds is 6. The summed E-state index contributed by atoms with van der Waals surface area (Å²) in [7, 11) is 0. The molecule has 2 aromatic rings. The van der Waals surface area contributed by atoms with Gasteiger partial charge in [0.05, 0.1) is 0 Å². The van der Waals surface area contributed by atoms with Gasteiger partial charge >= 0.3 is 0 Å². The van der Waals surface area contributed by atoms with E-state index in [0.29, 0.717) is 24.4 Å². The van der Waals surface area contributed by atoms with Crippen LogP contribution in [0.1, 0.15) is 38.1 Å². The minimum Gasteiger partial charge on any atom is -0.423 e. The molecule has 2 heterocycles. The molecule has 0 aliphatic heterocycles. The van der Waals surface area contributed by atoms with Crippen molar-refractivity contribution in [2.45, 2.75) is 46.3 Å². The third kappa shape index (κ3) is 3.43. The molecule has 0 bridgehead atoms. The first kappa shape index (κ1) is 12.8. The zero-order chi connectivity index (χ0) is 13.0. The molecule has 0 aliphatic rings. The van der Waals surface area contributed by atoms with Gasteiger partial charge < -0.3 is 14.3 Å². The van der Waals surface area contributed by atoms with Crippen LogP contribution in [0.2, 0.25) is 0 Å². The lowest BCUT2D eigenvalue weighted by Crippen LogP contribution is -2.21. The van der Waals surface area contributed by atoms with Crippen molar-refractivity contribution < 1.29 is 4.42 Å². The van der Waals surface area contributed by atoms with E-state index in [-0.39, 0.29) is 0 Å². The second kappa shape index (κ2) is 5.82. The highest BCUT2D eigenvalue weighted by Gasteiger charge is 2.05. The first-order chi connectivity index (χ1) is 8.67. The Bertz CT molecular complexity index is 487. The van der Waals surface area contributed by atoms with Gasteiger partial charge in [-0.1, -0.05) is 20.8 Å². The fourth-order valence-electron chi connectivity index (χ4n) is 1.67. The van der Waals surface area contributed by atoms with E-state index in [0.717, 1.165) is 13.0 Å². The minimum atomic E-state index is 0.497. The van der Waals surface area contributed by atoms with Gasteiger partial charge in [-0.05, 0) is 11.6 Å². The highest BCUT2D eigenvalue weighted by molar-refractivity contribution is 5.10. The summed E-state index contributed by atoms with van der Waals surface area (Å²) < 4.78 is 7.55. The van der Waals surface area contributed by atoms with Crippen molar-refractivity contribution in [3.05, 3.63) is 35.8 Å². The van der Waals surface area contributed by atoms with Gasteiger partial charge in [0.25, 0.3) is 0 Å². The number of aryl methyl sites for hydroxylation is 1. The maximum absolute atomic E-state index is 5.49. The third-order valence-corrected chi connectivity index (χ3v) is 2.66. The van der Waals surface area contributed by atoms with Gasteiger partial charge in [0.2, 0.25) is 11.8 Å². The summed E-state index contributed by atoms with van der Waals surface area (Å²) in [6.07, 6.45) is 4.92. The van der Waals surface area contributed by atoms with Gasteiger partial charge in [-0.25, -0.2) is 0 Å². The van der Waals surface area contributed by atoms with Gasteiger partial charge in [0, 0.05) is 31.4 Å². The summed E-state index contributed by atoms with van der Waals surface area (Å²) in [5, 5.41) is 11.4. The lowest BCUT2D eigenvalue weighted by atomic mass is 10.3. The average Bonchev–Trinajstić information content (AvgIpc) is 2.96. The van der Waals surface area contributed by atoms with Crippen molar-refractivity contribution in [2.24, 2.45) is 0 Å². The van der Waals surface area contributed by atoms with Crippen LogP contribution in [0.5, 0.6) is 0 Å². The minimum absolute atomic E-state index is 0.497. The summed E-state index contributed by atoms with van der Waals surface area (Å²) >= 11 is 0. The molecule has 5 heteroatoms. The number of hydrogen-bond acceptors (Lipinski definition) is 4. The number of nitrogens with one attached hydrogen (secondary N) is 1. The van der Waals surface area contributed by atoms with E-state index in [1.54, 1.807) is 0 Å². The van der Waals surface area contributed by atoms with Gasteiger partial charge in [0.15, 0.2) is 0 Å². The van der Waals surface area contributed by atoms with Crippen molar-refractivity contribution in [1.82, 2.24) is 20.1 Å². The van der Waals surface area contributed by atoms with Crippen molar-refractivity contribution in [1.29, 1.82) is 0 Å². The zero-order valence-electron chi connectivity index (χ0n) is 11.2. The van der Waals surface area contributed by atoms with Gasteiger partial charge in [-0.15, -0.1) is 10.2 Å². The molecule has 0 fully saturated rings. The molecule has 0 radical (unpaired) electrons. The third-order valence-electron chi connectivity index (χ3n) is 2.66. The lowest BCUT2D eigenvalue weighted by Gasteiger charge is -2.05. The first-order valence-corrected chi connectivity index (χ1v) is 6.36. The Kier molecular flexibility index (Phi) is 4.15. The summed E-state index contributed by atoms with van der Waals surface area (Å²) in [4.78, 5) is 0. The molecule has 0 amide bonds. The predicted octanol–water partition coefficient (Wildman–Crippen LogP) is 1.98. The summed E-state index contributed by atoms with van der Waals surface area (Å²) in [5.74, 6) is 1.35. The van der Waals surface area contributed by atoms with Crippen LogP contribution >= 0.6 is 0 Å². The Morgan fingerprint density at radius 2 is 2.11 bits per heavy atom. The normalized spacial score (nSPS) is 11.3. The molecule has 5 nitrogen and oxygen atoms in total.